The van der Waals surface area contributed by atoms with E-state index in [0.29, 0.717) is 13.1 Å². The van der Waals surface area contributed by atoms with Crippen LogP contribution in [0.5, 0.6) is 0 Å². The molecule has 0 aromatic heterocycles. The van der Waals surface area contributed by atoms with Gasteiger partial charge >= 0.3 is 6.03 Å². The van der Waals surface area contributed by atoms with E-state index in [1.54, 1.807) is 4.90 Å². The summed E-state index contributed by atoms with van der Waals surface area (Å²) in [5.74, 6) is 0. The van der Waals surface area contributed by atoms with Crippen molar-refractivity contribution in [3.05, 3.63) is 0 Å². The first-order valence-corrected chi connectivity index (χ1v) is 4.93. The van der Waals surface area contributed by atoms with E-state index in [1.807, 2.05) is 20.8 Å². The van der Waals surface area contributed by atoms with Crippen LogP contribution in [0.3, 0.4) is 0 Å². The molecule has 5 nitrogen and oxygen atoms in total. The van der Waals surface area contributed by atoms with Gasteiger partial charge in [0.25, 0.3) is 0 Å². The highest BCUT2D eigenvalue weighted by atomic mass is 16.7. The number of hydrogen-bond acceptors (Lipinski definition) is 3. The zero-order valence-electron chi connectivity index (χ0n) is 9.09. The molecule has 1 fully saturated rings. The molecule has 14 heavy (non-hydrogen) atoms. The van der Waals surface area contributed by atoms with Gasteiger partial charge in [0.2, 0.25) is 0 Å². The summed E-state index contributed by atoms with van der Waals surface area (Å²) >= 11 is 0. The van der Waals surface area contributed by atoms with Crippen molar-refractivity contribution < 1.29 is 9.63 Å². The van der Waals surface area contributed by atoms with E-state index in [0.717, 1.165) is 13.1 Å². The van der Waals surface area contributed by atoms with Gasteiger partial charge in [-0.25, -0.2) is 10.3 Å². The van der Waals surface area contributed by atoms with Gasteiger partial charge in [-0.2, -0.15) is 0 Å². The molecule has 0 bridgehead atoms. The van der Waals surface area contributed by atoms with Crippen molar-refractivity contribution in [3.63, 3.8) is 0 Å². The van der Waals surface area contributed by atoms with E-state index < -0.39 is 0 Å². The Labute approximate surface area is 84.7 Å². The highest BCUT2D eigenvalue weighted by Crippen LogP contribution is 2.03. The predicted octanol–water partition coefficient (Wildman–Crippen LogP) is 0.331. The first-order chi connectivity index (χ1) is 6.49. The van der Waals surface area contributed by atoms with Gasteiger partial charge in [-0.05, 0) is 20.8 Å². The van der Waals surface area contributed by atoms with Crippen LogP contribution in [0.1, 0.15) is 20.8 Å². The van der Waals surface area contributed by atoms with Gasteiger partial charge in [0.05, 0.1) is 5.60 Å². The lowest BCUT2D eigenvalue weighted by Gasteiger charge is -2.21. The van der Waals surface area contributed by atoms with Crippen molar-refractivity contribution >= 4 is 6.03 Å². The number of hydroxylamine groups is 1. The van der Waals surface area contributed by atoms with Gasteiger partial charge in [0, 0.05) is 26.2 Å². The Hall–Kier alpha value is -0.810. The highest BCUT2D eigenvalue weighted by molar-refractivity contribution is 5.76. The van der Waals surface area contributed by atoms with Crippen LogP contribution in [-0.2, 0) is 4.84 Å². The van der Waals surface area contributed by atoms with Crippen LogP contribution in [0.25, 0.3) is 0 Å². The molecule has 1 heterocycles. The SMILES string of the molecule is CC(C)(C)ONCCN1CCNC1=O. The molecular formula is C9H19N3O2. The van der Waals surface area contributed by atoms with E-state index in [2.05, 4.69) is 10.8 Å². The first kappa shape index (κ1) is 11.3. The van der Waals surface area contributed by atoms with Crippen LogP contribution in [0.4, 0.5) is 4.79 Å². The molecule has 0 atom stereocenters. The molecular weight excluding hydrogens is 182 g/mol. The van der Waals surface area contributed by atoms with Crippen molar-refractivity contribution in [2.24, 2.45) is 0 Å². The number of rotatable bonds is 4. The topological polar surface area (TPSA) is 53.6 Å². The van der Waals surface area contributed by atoms with E-state index in [1.165, 1.54) is 0 Å². The largest absolute Gasteiger partial charge is 0.336 e. The number of hydrogen-bond donors (Lipinski definition) is 2. The third-order valence-corrected chi connectivity index (χ3v) is 1.81. The van der Waals surface area contributed by atoms with Gasteiger partial charge in [-0.3, -0.25) is 4.84 Å². The normalized spacial score (nSPS) is 17.4. The molecule has 1 rings (SSSR count). The zero-order valence-corrected chi connectivity index (χ0v) is 9.09. The Kier molecular flexibility index (Phi) is 3.71. The average Bonchev–Trinajstić information content (AvgIpc) is 2.44. The highest BCUT2D eigenvalue weighted by Gasteiger charge is 2.18. The van der Waals surface area contributed by atoms with Crippen LogP contribution in [0.2, 0.25) is 0 Å². The van der Waals surface area contributed by atoms with Crippen molar-refractivity contribution in [1.29, 1.82) is 0 Å². The van der Waals surface area contributed by atoms with Gasteiger partial charge in [-0.15, -0.1) is 0 Å². The standard InChI is InChI=1S/C9H19N3O2/c1-9(2,3)14-11-5-7-12-6-4-10-8(12)13/h11H,4-7H2,1-3H3,(H,10,13). The smallest absolute Gasteiger partial charge is 0.317 e. The fourth-order valence-corrected chi connectivity index (χ4v) is 1.17. The predicted molar refractivity (Wildman–Crippen MR) is 53.8 cm³/mol. The van der Waals surface area contributed by atoms with Crippen molar-refractivity contribution in [3.8, 4) is 0 Å². The fraction of sp³-hybridized carbons (Fsp3) is 0.889. The lowest BCUT2D eigenvalue weighted by molar-refractivity contribution is -0.0730. The number of carbonyl (C=O) groups excluding carboxylic acids is 1. The minimum absolute atomic E-state index is 0.0163. The summed E-state index contributed by atoms with van der Waals surface area (Å²) in [5.41, 5.74) is 2.66. The molecule has 0 spiro atoms. The Morgan fingerprint density at radius 3 is 2.79 bits per heavy atom. The van der Waals surface area contributed by atoms with Gasteiger partial charge in [0.15, 0.2) is 0 Å². The minimum Gasteiger partial charge on any atom is -0.336 e. The monoisotopic (exact) mass is 201 g/mol. The summed E-state index contributed by atoms with van der Waals surface area (Å²) in [7, 11) is 0. The maximum Gasteiger partial charge on any atom is 0.317 e. The second-order valence-electron chi connectivity index (χ2n) is 4.33. The molecule has 0 aromatic rings. The molecule has 1 aliphatic heterocycles. The van der Waals surface area contributed by atoms with Crippen molar-refractivity contribution in [2.45, 2.75) is 26.4 Å². The molecule has 2 N–H and O–H groups in total. The van der Waals surface area contributed by atoms with E-state index in [-0.39, 0.29) is 11.6 Å². The summed E-state index contributed by atoms with van der Waals surface area (Å²) in [6.07, 6.45) is 0. The third kappa shape index (κ3) is 3.93. The third-order valence-electron chi connectivity index (χ3n) is 1.81. The van der Waals surface area contributed by atoms with Crippen LogP contribution in [0, 0.1) is 0 Å². The fourth-order valence-electron chi connectivity index (χ4n) is 1.17. The molecule has 0 saturated carbocycles. The van der Waals surface area contributed by atoms with Crippen molar-refractivity contribution in [1.82, 2.24) is 15.7 Å². The first-order valence-electron chi connectivity index (χ1n) is 4.93. The second kappa shape index (κ2) is 4.61. The molecule has 2 amide bonds. The van der Waals surface area contributed by atoms with Crippen molar-refractivity contribution in [2.75, 3.05) is 26.2 Å². The van der Waals surface area contributed by atoms with Crippen LogP contribution < -0.4 is 10.8 Å². The molecule has 82 valence electrons. The maximum absolute atomic E-state index is 11.1. The Balaban J connectivity index is 2.07. The second-order valence-corrected chi connectivity index (χ2v) is 4.33. The molecule has 5 heteroatoms. The average molecular weight is 201 g/mol. The maximum atomic E-state index is 11.1. The summed E-state index contributed by atoms with van der Waals surface area (Å²) in [6, 6.07) is 0.0163. The van der Waals surface area contributed by atoms with Crippen LogP contribution in [-0.4, -0.2) is 42.7 Å². The van der Waals surface area contributed by atoms with Crippen LogP contribution in [0.15, 0.2) is 0 Å². The summed E-state index contributed by atoms with van der Waals surface area (Å²) in [4.78, 5) is 18.2. The Morgan fingerprint density at radius 1 is 1.57 bits per heavy atom. The lowest BCUT2D eigenvalue weighted by atomic mass is 10.2. The number of nitrogens with one attached hydrogen (secondary N) is 2. The number of urea groups is 1. The number of amides is 2. The number of carbonyl (C=O) groups is 1. The Bertz CT molecular complexity index is 201. The minimum atomic E-state index is -0.187. The molecule has 0 aromatic carbocycles. The Morgan fingerprint density at radius 2 is 2.29 bits per heavy atom. The van der Waals surface area contributed by atoms with E-state index in [9.17, 15) is 4.79 Å². The molecule has 0 aliphatic carbocycles. The molecule has 1 saturated heterocycles. The quantitative estimate of drug-likeness (QED) is 0.509. The van der Waals surface area contributed by atoms with Gasteiger partial charge in [0.1, 0.15) is 0 Å². The summed E-state index contributed by atoms with van der Waals surface area (Å²) in [6.45, 7) is 8.80. The van der Waals surface area contributed by atoms with Gasteiger partial charge in [-0.1, -0.05) is 0 Å². The lowest BCUT2D eigenvalue weighted by Crippen LogP contribution is -2.37. The van der Waals surface area contributed by atoms with Crippen LogP contribution >= 0.6 is 0 Å². The summed E-state index contributed by atoms with van der Waals surface area (Å²) in [5, 5.41) is 2.75. The zero-order chi connectivity index (χ0) is 10.6. The molecule has 0 radical (unpaired) electrons. The number of nitrogens with zero attached hydrogens (tertiary/aromatic N) is 1. The van der Waals surface area contributed by atoms with E-state index >= 15 is 0 Å². The summed E-state index contributed by atoms with van der Waals surface area (Å²) < 4.78 is 0. The van der Waals surface area contributed by atoms with Gasteiger partial charge < -0.3 is 10.2 Å². The molecule has 1 aliphatic rings. The molecule has 0 unspecified atom stereocenters. The van der Waals surface area contributed by atoms with E-state index in [4.69, 9.17) is 4.84 Å².